The topological polar surface area (TPSA) is 39.1 Å². The highest BCUT2D eigenvalue weighted by molar-refractivity contribution is 6.30. The van der Waals surface area contributed by atoms with Gasteiger partial charge in [0, 0.05) is 17.1 Å². The van der Waals surface area contributed by atoms with Gasteiger partial charge in [0.1, 0.15) is 6.07 Å². The maximum absolute atomic E-state index is 9.09. The van der Waals surface area contributed by atoms with Gasteiger partial charge in [-0.05, 0) is 51.6 Å². The van der Waals surface area contributed by atoms with Crippen LogP contribution in [0.3, 0.4) is 0 Å². The minimum atomic E-state index is 0.242. The smallest absolute Gasteiger partial charge is 0.101 e. The first kappa shape index (κ1) is 13.2. The van der Waals surface area contributed by atoms with Crippen LogP contribution in [0, 0.1) is 11.3 Å². The van der Waals surface area contributed by atoms with Crippen molar-refractivity contribution in [2.24, 2.45) is 0 Å². The largest absolute Gasteiger partial charge is 0.382 e. The second-order valence-electron chi connectivity index (χ2n) is 5.13. The molecule has 0 atom stereocenters. The van der Waals surface area contributed by atoms with E-state index >= 15 is 0 Å². The first-order valence-corrected chi connectivity index (χ1v) is 6.56. The van der Waals surface area contributed by atoms with E-state index in [0.717, 1.165) is 12.2 Å². The fraction of sp³-hybridized carbons (Fsp3) is 0.500. The van der Waals surface area contributed by atoms with Crippen molar-refractivity contribution in [3.8, 4) is 6.07 Å². The van der Waals surface area contributed by atoms with Crippen molar-refractivity contribution in [1.82, 2.24) is 4.90 Å². The zero-order valence-electron chi connectivity index (χ0n) is 10.8. The van der Waals surface area contributed by atoms with E-state index in [1.165, 1.54) is 19.3 Å². The molecule has 1 fully saturated rings. The van der Waals surface area contributed by atoms with Gasteiger partial charge < -0.3 is 10.2 Å². The van der Waals surface area contributed by atoms with E-state index in [9.17, 15) is 0 Å². The Morgan fingerprint density at radius 1 is 1.44 bits per heavy atom. The number of anilines is 1. The summed E-state index contributed by atoms with van der Waals surface area (Å²) < 4.78 is 0. The number of benzene rings is 1. The average molecular weight is 264 g/mol. The Kier molecular flexibility index (Phi) is 3.79. The van der Waals surface area contributed by atoms with Crippen molar-refractivity contribution >= 4 is 17.3 Å². The molecule has 3 nitrogen and oxygen atoms in total. The number of hydrogen-bond donors (Lipinski definition) is 1. The summed E-state index contributed by atoms with van der Waals surface area (Å²) in [5, 5.41) is 13.1. The number of nitrogens with zero attached hydrogens (tertiary/aromatic N) is 2. The second kappa shape index (κ2) is 5.17. The zero-order chi connectivity index (χ0) is 13.2. The van der Waals surface area contributed by atoms with Crippen LogP contribution in [0.15, 0.2) is 18.2 Å². The van der Waals surface area contributed by atoms with E-state index in [4.69, 9.17) is 16.9 Å². The fourth-order valence-corrected chi connectivity index (χ4v) is 2.56. The third-order valence-corrected chi connectivity index (χ3v) is 4.18. The molecule has 0 heterocycles. The van der Waals surface area contributed by atoms with Crippen LogP contribution in [0.25, 0.3) is 0 Å². The molecule has 0 bridgehead atoms. The van der Waals surface area contributed by atoms with Crippen LogP contribution in [0.4, 0.5) is 5.69 Å². The maximum Gasteiger partial charge on any atom is 0.101 e. The number of likely N-dealkylation sites (N-methyl/N-ethyl adjacent to an activating group) is 1. The van der Waals surface area contributed by atoms with Gasteiger partial charge in [-0.2, -0.15) is 5.26 Å². The molecular formula is C14H18ClN3. The lowest BCUT2D eigenvalue weighted by Gasteiger charge is -2.47. The SMILES string of the molecule is CN(C)C1(CNc2ccc(Cl)cc2C#N)CCC1. The predicted octanol–water partition coefficient (Wildman–Crippen LogP) is 3.11. The summed E-state index contributed by atoms with van der Waals surface area (Å²) in [6, 6.07) is 7.57. The highest BCUT2D eigenvalue weighted by atomic mass is 35.5. The Labute approximate surface area is 113 Å². The molecule has 1 N–H and O–H groups in total. The van der Waals surface area contributed by atoms with E-state index in [0.29, 0.717) is 10.6 Å². The second-order valence-corrected chi connectivity index (χ2v) is 5.56. The first-order chi connectivity index (χ1) is 8.57. The van der Waals surface area contributed by atoms with Gasteiger partial charge >= 0.3 is 0 Å². The monoisotopic (exact) mass is 263 g/mol. The van der Waals surface area contributed by atoms with Crippen molar-refractivity contribution < 1.29 is 0 Å². The van der Waals surface area contributed by atoms with Gasteiger partial charge in [0.2, 0.25) is 0 Å². The molecule has 4 heteroatoms. The Balaban J connectivity index is 2.09. The average Bonchev–Trinajstić information content (AvgIpc) is 2.28. The number of halogens is 1. The summed E-state index contributed by atoms with van der Waals surface area (Å²) in [6.07, 6.45) is 3.70. The van der Waals surface area contributed by atoms with Gasteiger partial charge in [-0.25, -0.2) is 0 Å². The van der Waals surface area contributed by atoms with Crippen molar-refractivity contribution in [1.29, 1.82) is 5.26 Å². The molecule has 18 heavy (non-hydrogen) atoms. The number of rotatable bonds is 4. The number of nitriles is 1. The van der Waals surface area contributed by atoms with Crippen molar-refractivity contribution in [2.75, 3.05) is 26.0 Å². The zero-order valence-corrected chi connectivity index (χ0v) is 11.6. The van der Waals surface area contributed by atoms with E-state index in [2.05, 4.69) is 30.4 Å². The number of hydrogen-bond acceptors (Lipinski definition) is 3. The molecule has 0 amide bonds. The molecule has 0 unspecified atom stereocenters. The van der Waals surface area contributed by atoms with E-state index in [1.807, 2.05) is 12.1 Å². The fourth-order valence-electron chi connectivity index (χ4n) is 2.39. The molecule has 1 aromatic rings. The molecule has 0 aromatic heterocycles. The molecule has 0 aliphatic heterocycles. The maximum atomic E-state index is 9.09. The summed E-state index contributed by atoms with van der Waals surface area (Å²) >= 11 is 5.89. The Bertz CT molecular complexity index is 472. The van der Waals surface area contributed by atoms with Gasteiger partial charge in [0.05, 0.1) is 11.3 Å². The molecular weight excluding hydrogens is 246 g/mol. The van der Waals surface area contributed by atoms with Crippen molar-refractivity contribution in [2.45, 2.75) is 24.8 Å². The van der Waals surface area contributed by atoms with Gasteiger partial charge in [0.15, 0.2) is 0 Å². The van der Waals surface area contributed by atoms with Crippen LogP contribution >= 0.6 is 11.6 Å². The molecule has 1 aliphatic rings. The van der Waals surface area contributed by atoms with Crippen LogP contribution in [0.5, 0.6) is 0 Å². The third kappa shape index (κ3) is 2.45. The molecule has 0 spiro atoms. The number of nitrogens with one attached hydrogen (secondary N) is 1. The van der Waals surface area contributed by atoms with E-state index in [-0.39, 0.29) is 5.54 Å². The van der Waals surface area contributed by atoms with Crippen LogP contribution in [-0.2, 0) is 0 Å². The third-order valence-electron chi connectivity index (χ3n) is 3.94. The molecule has 96 valence electrons. The Hall–Kier alpha value is -1.24. The van der Waals surface area contributed by atoms with E-state index in [1.54, 1.807) is 6.07 Å². The van der Waals surface area contributed by atoms with Crippen LogP contribution in [0.1, 0.15) is 24.8 Å². The lowest BCUT2D eigenvalue weighted by Crippen LogP contribution is -2.54. The van der Waals surface area contributed by atoms with Gasteiger partial charge in [-0.3, -0.25) is 0 Å². The summed E-state index contributed by atoms with van der Waals surface area (Å²) in [5.41, 5.74) is 1.72. The summed E-state index contributed by atoms with van der Waals surface area (Å²) in [7, 11) is 4.24. The molecule has 1 saturated carbocycles. The van der Waals surface area contributed by atoms with Crippen LogP contribution < -0.4 is 5.32 Å². The highest BCUT2D eigenvalue weighted by Gasteiger charge is 2.38. The predicted molar refractivity (Wildman–Crippen MR) is 74.9 cm³/mol. The van der Waals surface area contributed by atoms with Crippen molar-refractivity contribution in [3.63, 3.8) is 0 Å². The van der Waals surface area contributed by atoms with Crippen LogP contribution in [0.2, 0.25) is 5.02 Å². The lowest BCUT2D eigenvalue weighted by molar-refractivity contribution is 0.0739. The Morgan fingerprint density at radius 3 is 2.67 bits per heavy atom. The Morgan fingerprint density at radius 2 is 2.17 bits per heavy atom. The quantitative estimate of drug-likeness (QED) is 0.907. The molecule has 1 aliphatic carbocycles. The molecule has 0 radical (unpaired) electrons. The normalized spacial score (nSPS) is 17.1. The first-order valence-electron chi connectivity index (χ1n) is 6.18. The standard InChI is InChI=1S/C14H18ClN3/c1-18(2)14(6-3-7-14)10-17-13-5-4-12(15)8-11(13)9-16/h4-5,8,17H,3,6-7,10H2,1-2H3. The molecule has 0 saturated heterocycles. The van der Waals surface area contributed by atoms with Crippen molar-refractivity contribution in [3.05, 3.63) is 28.8 Å². The lowest BCUT2D eigenvalue weighted by atomic mass is 9.75. The summed E-state index contributed by atoms with van der Waals surface area (Å²) in [5.74, 6) is 0. The minimum absolute atomic E-state index is 0.242. The van der Waals surface area contributed by atoms with Gasteiger partial charge in [0.25, 0.3) is 0 Å². The highest BCUT2D eigenvalue weighted by Crippen LogP contribution is 2.36. The van der Waals surface area contributed by atoms with E-state index < -0.39 is 0 Å². The summed E-state index contributed by atoms with van der Waals surface area (Å²) in [6.45, 7) is 0.871. The van der Waals surface area contributed by atoms with Gasteiger partial charge in [-0.15, -0.1) is 0 Å². The minimum Gasteiger partial charge on any atom is -0.382 e. The van der Waals surface area contributed by atoms with Crippen LogP contribution in [-0.4, -0.2) is 31.1 Å². The summed E-state index contributed by atoms with van der Waals surface area (Å²) in [4.78, 5) is 2.28. The molecule has 1 aromatic carbocycles. The molecule has 2 rings (SSSR count). The van der Waals surface area contributed by atoms with Gasteiger partial charge in [-0.1, -0.05) is 11.6 Å².